The zero-order valence-electron chi connectivity index (χ0n) is 16.7. The Morgan fingerprint density at radius 3 is 2.87 bits per heavy atom. The average Bonchev–Trinajstić information content (AvgIpc) is 3.35. The second kappa shape index (κ2) is 6.61. The first kappa shape index (κ1) is 18.7. The third kappa shape index (κ3) is 2.94. The molecule has 4 heterocycles. The smallest absolute Gasteiger partial charge is 0.259 e. The van der Waals surface area contributed by atoms with Crippen molar-refractivity contribution in [1.82, 2.24) is 24.4 Å². The van der Waals surface area contributed by atoms with Crippen LogP contribution in [-0.4, -0.2) is 42.4 Å². The van der Waals surface area contributed by atoms with Gasteiger partial charge >= 0.3 is 0 Å². The summed E-state index contributed by atoms with van der Waals surface area (Å²) < 4.78 is 19.6. The minimum absolute atomic E-state index is 0.0307. The largest absolute Gasteiger partial charge is 0.442 e. The molecule has 30 heavy (non-hydrogen) atoms. The maximum atomic E-state index is 13.5. The van der Waals surface area contributed by atoms with E-state index >= 15 is 0 Å². The van der Waals surface area contributed by atoms with Crippen LogP contribution < -0.4 is 10.9 Å². The lowest BCUT2D eigenvalue weighted by molar-refractivity contribution is 0.0730. The Hall–Kier alpha value is -3.30. The molecular formula is C20H21FN6O3. The Balaban J connectivity index is 1.52. The van der Waals surface area contributed by atoms with Gasteiger partial charge in [0.15, 0.2) is 6.80 Å². The molecule has 0 saturated heterocycles. The fraction of sp³-hybridized carbons (Fsp3) is 0.450. The molecule has 0 aromatic carbocycles. The van der Waals surface area contributed by atoms with Gasteiger partial charge in [-0.05, 0) is 33.1 Å². The summed E-state index contributed by atoms with van der Waals surface area (Å²) in [6.07, 6.45) is 4.99. The Bertz CT molecular complexity index is 1230. The van der Waals surface area contributed by atoms with Crippen LogP contribution in [0.2, 0.25) is 0 Å². The van der Waals surface area contributed by atoms with Crippen LogP contribution in [0.5, 0.6) is 0 Å². The number of halogens is 1. The van der Waals surface area contributed by atoms with Gasteiger partial charge in [0.1, 0.15) is 24.2 Å². The summed E-state index contributed by atoms with van der Waals surface area (Å²) in [6.45, 7) is 3.42. The lowest BCUT2D eigenvalue weighted by Gasteiger charge is -2.28. The summed E-state index contributed by atoms with van der Waals surface area (Å²) >= 11 is 0. The van der Waals surface area contributed by atoms with Crippen LogP contribution >= 0.6 is 0 Å². The highest BCUT2D eigenvalue weighted by atomic mass is 19.1. The number of carbonyl (C=O) groups is 1. The van der Waals surface area contributed by atoms with Gasteiger partial charge in [0.05, 0.1) is 23.2 Å². The van der Waals surface area contributed by atoms with Gasteiger partial charge in [-0.3, -0.25) is 14.2 Å². The fourth-order valence-corrected chi connectivity index (χ4v) is 3.87. The summed E-state index contributed by atoms with van der Waals surface area (Å²) in [5, 5.41) is 3.98. The van der Waals surface area contributed by atoms with Gasteiger partial charge < -0.3 is 14.6 Å². The number of nitrogens with zero attached hydrogens (tertiary/aromatic N) is 5. The zero-order valence-corrected chi connectivity index (χ0v) is 16.7. The Kier molecular flexibility index (Phi) is 4.12. The van der Waals surface area contributed by atoms with E-state index in [4.69, 9.17) is 4.42 Å². The Labute approximate surface area is 170 Å². The van der Waals surface area contributed by atoms with E-state index in [-0.39, 0.29) is 18.0 Å². The van der Waals surface area contributed by atoms with Gasteiger partial charge in [-0.1, -0.05) is 0 Å². The van der Waals surface area contributed by atoms with E-state index in [0.29, 0.717) is 52.5 Å². The van der Waals surface area contributed by atoms with E-state index in [1.54, 1.807) is 11.8 Å². The first-order valence-electron chi connectivity index (χ1n) is 9.85. The first-order chi connectivity index (χ1) is 14.4. The van der Waals surface area contributed by atoms with Gasteiger partial charge in [0.25, 0.3) is 11.5 Å². The third-order valence-corrected chi connectivity index (χ3v) is 5.91. The van der Waals surface area contributed by atoms with Gasteiger partial charge in [-0.15, -0.1) is 0 Å². The van der Waals surface area contributed by atoms with Crippen LogP contribution in [0.1, 0.15) is 47.1 Å². The quantitative estimate of drug-likeness (QED) is 0.700. The molecule has 1 amide bonds. The molecule has 1 aliphatic carbocycles. The predicted molar refractivity (Wildman–Crippen MR) is 106 cm³/mol. The molecule has 0 spiro atoms. The fourth-order valence-electron chi connectivity index (χ4n) is 3.87. The van der Waals surface area contributed by atoms with Crippen molar-refractivity contribution < 1.29 is 13.6 Å². The minimum Gasteiger partial charge on any atom is -0.442 e. The molecule has 1 N–H and O–H groups in total. The summed E-state index contributed by atoms with van der Waals surface area (Å²) in [4.78, 5) is 40.1. The van der Waals surface area contributed by atoms with Crippen molar-refractivity contribution in [3.8, 4) is 0 Å². The van der Waals surface area contributed by atoms with Crippen molar-refractivity contribution >= 4 is 22.8 Å². The molecule has 10 heteroatoms. The highest BCUT2D eigenvalue weighted by Crippen LogP contribution is 2.40. The van der Waals surface area contributed by atoms with Gasteiger partial charge in [-0.2, -0.15) is 0 Å². The molecule has 1 saturated carbocycles. The Morgan fingerprint density at radius 1 is 1.33 bits per heavy atom. The third-order valence-electron chi connectivity index (χ3n) is 5.91. The number of rotatable bonds is 4. The number of carbonyl (C=O) groups excluding carboxylic acids is 1. The van der Waals surface area contributed by atoms with Gasteiger partial charge in [0, 0.05) is 17.6 Å². The molecule has 2 aliphatic rings. The average molecular weight is 412 g/mol. The number of aromatic nitrogens is 4. The van der Waals surface area contributed by atoms with Crippen molar-refractivity contribution in [3.05, 3.63) is 45.6 Å². The maximum Gasteiger partial charge on any atom is 0.259 e. The van der Waals surface area contributed by atoms with Crippen LogP contribution in [0.4, 0.5) is 10.2 Å². The monoisotopic (exact) mass is 412 g/mol. The highest BCUT2D eigenvalue weighted by Gasteiger charge is 2.39. The molecule has 5 rings (SSSR count). The molecule has 0 unspecified atom stereocenters. The Morgan fingerprint density at radius 2 is 2.13 bits per heavy atom. The summed E-state index contributed by atoms with van der Waals surface area (Å²) in [5.74, 6) is 0.819. The van der Waals surface area contributed by atoms with Crippen molar-refractivity contribution in [2.75, 3.05) is 11.9 Å². The standard InChI is InChI=1S/C20H21FN6O3/c1-11-14(15-16(25-20(2)4-5-20)22-9-23-17(15)30-11)19(29)26-6-3-12-13(7-26)24-10-27(8-21)18(12)28/h9-10H,3-8H2,1-2H3,(H,22,23,25). The number of furan rings is 1. The van der Waals surface area contributed by atoms with Crippen LogP contribution in [0.15, 0.2) is 21.9 Å². The van der Waals surface area contributed by atoms with E-state index in [1.807, 2.05) is 0 Å². The topological polar surface area (TPSA) is 106 Å². The molecule has 0 atom stereocenters. The molecule has 0 radical (unpaired) electrons. The predicted octanol–water partition coefficient (Wildman–Crippen LogP) is 2.18. The number of hydrogen-bond donors (Lipinski definition) is 1. The van der Waals surface area contributed by atoms with Crippen molar-refractivity contribution in [3.63, 3.8) is 0 Å². The number of fused-ring (bicyclic) bond motifs is 2. The maximum absolute atomic E-state index is 13.5. The number of alkyl halides is 1. The van der Waals surface area contributed by atoms with E-state index < -0.39 is 12.4 Å². The van der Waals surface area contributed by atoms with E-state index in [0.717, 1.165) is 17.4 Å². The molecule has 156 valence electrons. The molecule has 3 aromatic rings. The summed E-state index contributed by atoms with van der Waals surface area (Å²) in [5.41, 5.74) is 1.31. The lowest BCUT2D eigenvalue weighted by atomic mass is 10.0. The van der Waals surface area contributed by atoms with Crippen LogP contribution in [-0.2, 0) is 19.8 Å². The first-order valence-corrected chi connectivity index (χ1v) is 9.85. The number of anilines is 1. The number of aryl methyl sites for hydroxylation is 1. The second-order valence-corrected chi connectivity index (χ2v) is 8.16. The van der Waals surface area contributed by atoms with Crippen molar-refractivity contribution in [2.45, 2.75) is 52.0 Å². The number of nitrogens with one attached hydrogen (secondary N) is 1. The molecule has 1 aliphatic heterocycles. The summed E-state index contributed by atoms with van der Waals surface area (Å²) in [7, 11) is 0. The van der Waals surface area contributed by atoms with Crippen molar-refractivity contribution in [1.29, 1.82) is 0 Å². The van der Waals surface area contributed by atoms with Gasteiger partial charge in [0.2, 0.25) is 5.71 Å². The summed E-state index contributed by atoms with van der Waals surface area (Å²) in [6, 6.07) is 0. The second-order valence-electron chi connectivity index (χ2n) is 8.16. The zero-order chi connectivity index (χ0) is 21.0. The van der Waals surface area contributed by atoms with E-state index in [9.17, 15) is 14.0 Å². The molecule has 3 aromatic heterocycles. The molecular weight excluding hydrogens is 391 g/mol. The number of amides is 1. The molecule has 1 fully saturated rings. The minimum atomic E-state index is -0.920. The van der Waals surface area contributed by atoms with Crippen LogP contribution in [0.3, 0.4) is 0 Å². The van der Waals surface area contributed by atoms with Crippen LogP contribution in [0, 0.1) is 6.92 Å². The van der Waals surface area contributed by atoms with Gasteiger partial charge in [-0.25, -0.2) is 19.3 Å². The molecule has 0 bridgehead atoms. The highest BCUT2D eigenvalue weighted by molar-refractivity contribution is 6.10. The lowest BCUT2D eigenvalue weighted by Crippen LogP contribution is -2.40. The number of hydrogen-bond acceptors (Lipinski definition) is 7. The van der Waals surface area contributed by atoms with E-state index in [2.05, 4.69) is 27.2 Å². The molecule has 9 nitrogen and oxygen atoms in total. The van der Waals surface area contributed by atoms with Crippen LogP contribution in [0.25, 0.3) is 11.1 Å². The van der Waals surface area contributed by atoms with E-state index in [1.165, 1.54) is 12.7 Å². The van der Waals surface area contributed by atoms with Crippen molar-refractivity contribution in [2.24, 2.45) is 0 Å². The normalized spacial score (nSPS) is 17.1. The SMILES string of the molecule is Cc1oc2ncnc(NC3(C)CC3)c2c1C(=O)N1CCc2c(ncn(CF)c2=O)C1.